The lowest BCUT2D eigenvalue weighted by Gasteiger charge is -2.16. The molecule has 0 bridgehead atoms. The summed E-state index contributed by atoms with van der Waals surface area (Å²) in [4.78, 5) is 70.2. The Bertz CT molecular complexity index is 941. The molecule has 1 saturated heterocycles. The van der Waals surface area contributed by atoms with Crippen LogP contribution in [0.5, 0.6) is 0 Å². The van der Waals surface area contributed by atoms with Crippen molar-refractivity contribution in [1.82, 2.24) is 20.2 Å². The summed E-state index contributed by atoms with van der Waals surface area (Å²) in [6.45, 7) is -0.0249. The Morgan fingerprint density at radius 3 is 2.58 bits per heavy atom. The van der Waals surface area contributed by atoms with E-state index in [9.17, 15) is 39.0 Å². The summed E-state index contributed by atoms with van der Waals surface area (Å²) in [7, 11) is 0. The van der Waals surface area contributed by atoms with Crippen LogP contribution in [-0.2, 0) is 23.9 Å². The Balaban J connectivity index is 1.83. The molecule has 0 aromatic carbocycles. The summed E-state index contributed by atoms with van der Waals surface area (Å²) in [5, 5.41) is 33.4. The Morgan fingerprint density at radius 1 is 1.26 bits per heavy atom. The van der Waals surface area contributed by atoms with E-state index < -0.39 is 66.0 Å². The van der Waals surface area contributed by atoms with Gasteiger partial charge in [0.1, 0.15) is 18.5 Å². The number of nitrogens with one attached hydrogen (secondary N) is 3. The number of aromatic nitrogens is 2. The number of carbonyl (C=O) groups excluding carboxylic acids is 3. The number of amides is 2. The molecular weight excluding hydrogens is 420 g/mol. The van der Waals surface area contributed by atoms with E-state index in [4.69, 9.17) is 9.84 Å². The topological polar surface area (TPSA) is 217 Å². The zero-order valence-electron chi connectivity index (χ0n) is 16.1. The average Bonchev–Trinajstić information content (AvgIpc) is 2.99. The van der Waals surface area contributed by atoms with Gasteiger partial charge < -0.3 is 35.5 Å². The van der Waals surface area contributed by atoms with E-state index in [2.05, 4.69) is 10.6 Å². The van der Waals surface area contributed by atoms with Gasteiger partial charge >= 0.3 is 11.7 Å². The molecule has 0 spiro atoms. The van der Waals surface area contributed by atoms with E-state index in [-0.39, 0.29) is 19.4 Å². The van der Waals surface area contributed by atoms with Crippen LogP contribution in [0, 0.1) is 0 Å². The summed E-state index contributed by atoms with van der Waals surface area (Å²) in [6.07, 6.45) is -5.38. The van der Waals surface area contributed by atoms with Gasteiger partial charge in [0.25, 0.3) is 11.5 Å². The molecule has 170 valence electrons. The number of hydrogen-bond donors (Lipinski definition) is 6. The van der Waals surface area contributed by atoms with Gasteiger partial charge in [0.05, 0.1) is 12.5 Å². The monoisotopic (exact) mass is 442 g/mol. The maximum Gasteiger partial charge on any atom is 0.330 e. The van der Waals surface area contributed by atoms with Crippen LogP contribution in [0.15, 0.2) is 21.9 Å². The van der Waals surface area contributed by atoms with Crippen LogP contribution in [0.3, 0.4) is 0 Å². The SMILES string of the molecule is O=CC(CC(=O)O)NC(=O)CCCNC(=O)[C@H]1O[C@@H](n2ccc(=O)[nH]c2=O)[C@H](O)[C@@H]1O. The fourth-order valence-electron chi connectivity index (χ4n) is 2.90. The number of carboxylic acid groups (broad SMARTS) is 1. The van der Waals surface area contributed by atoms with Gasteiger partial charge in [-0.25, -0.2) is 4.79 Å². The number of H-pyrrole nitrogens is 1. The van der Waals surface area contributed by atoms with Crippen molar-refractivity contribution >= 4 is 24.1 Å². The summed E-state index contributed by atoms with van der Waals surface area (Å²) >= 11 is 0. The highest BCUT2D eigenvalue weighted by atomic mass is 16.6. The predicted octanol–water partition coefficient (Wildman–Crippen LogP) is -3.79. The molecule has 31 heavy (non-hydrogen) atoms. The lowest BCUT2D eigenvalue weighted by molar-refractivity contribution is -0.139. The molecule has 1 aliphatic rings. The van der Waals surface area contributed by atoms with Gasteiger partial charge in [0.2, 0.25) is 5.91 Å². The minimum Gasteiger partial charge on any atom is -0.481 e. The third-order valence-electron chi connectivity index (χ3n) is 4.41. The number of hydrogen-bond acceptors (Lipinski definition) is 9. The first-order valence-corrected chi connectivity index (χ1v) is 9.21. The van der Waals surface area contributed by atoms with Crippen molar-refractivity contribution in [3.8, 4) is 0 Å². The molecule has 0 radical (unpaired) electrons. The van der Waals surface area contributed by atoms with Gasteiger partial charge in [0, 0.05) is 25.2 Å². The largest absolute Gasteiger partial charge is 0.481 e. The van der Waals surface area contributed by atoms with Crippen molar-refractivity contribution in [1.29, 1.82) is 0 Å². The summed E-state index contributed by atoms with van der Waals surface area (Å²) in [5.74, 6) is -2.63. The molecule has 2 amide bonds. The number of rotatable bonds is 10. The smallest absolute Gasteiger partial charge is 0.330 e. The Labute approximate surface area is 173 Å². The van der Waals surface area contributed by atoms with Gasteiger partial charge in [-0.3, -0.25) is 28.7 Å². The summed E-state index contributed by atoms with van der Waals surface area (Å²) in [5.41, 5.74) is -1.57. The Hall–Kier alpha value is -3.36. The van der Waals surface area contributed by atoms with Crippen LogP contribution in [0.4, 0.5) is 0 Å². The number of aliphatic hydroxyl groups is 2. The van der Waals surface area contributed by atoms with Crippen molar-refractivity contribution < 1.29 is 39.2 Å². The molecule has 0 aliphatic carbocycles. The zero-order chi connectivity index (χ0) is 23.1. The molecular formula is C17H22N4O10. The lowest BCUT2D eigenvalue weighted by Crippen LogP contribution is -2.43. The molecule has 1 aromatic heterocycles. The second kappa shape index (κ2) is 10.6. The zero-order valence-corrected chi connectivity index (χ0v) is 16.1. The van der Waals surface area contributed by atoms with Crippen LogP contribution in [0.25, 0.3) is 0 Å². The molecule has 1 aromatic rings. The number of carboxylic acids is 1. The normalized spacial score (nSPS) is 23.7. The third-order valence-corrected chi connectivity index (χ3v) is 4.41. The first kappa shape index (κ1) is 23.9. The van der Waals surface area contributed by atoms with E-state index in [1.807, 2.05) is 4.98 Å². The average molecular weight is 442 g/mol. The maximum atomic E-state index is 12.2. The number of nitrogens with zero attached hydrogens (tertiary/aromatic N) is 1. The Kier molecular flexibility index (Phi) is 8.18. The van der Waals surface area contributed by atoms with E-state index in [1.165, 1.54) is 0 Å². The van der Waals surface area contributed by atoms with Crippen molar-refractivity contribution in [3.05, 3.63) is 33.1 Å². The van der Waals surface area contributed by atoms with E-state index >= 15 is 0 Å². The third kappa shape index (κ3) is 6.31. The fourth-order valence-corrected chi connectivity index (χ4v) is 2.90. The van der Waals surface area contributed by atoms with Gasteiger partial charge in [0.15, 0.2) is 12.3 Å². The number of carbonyl (C=O) groups is 4. The van der Waals surface area contributed by atoms with Crippen LogP contribution in [0.1, 0.15) is 25.5 Å². The first-order chi connectivity index (χ1) is 14.6. The molecule has 14 nitrogen and oxygen atoms in total. The highest BCUT2D eigenvalue weighted by Gasteiger charge is 2.47. The van der Waals surface area contributed by atoms with Crippen LogP contribution < -0.4 is 21.9 Å². The Morgan fingerprint density at radius 2 is 1.97 bits per heavy atom. The number of aromatic amines is 1. The maximum absolute atomic E-state index is 12.2. The van der Waals surface area contributed by atoms with Crippen LogP contribution in [0.2, 0.25) is 0 Å². The van der Waals surface area contributed by atoms with Gasteiger partial charge in [-0.05, 0) is 6.42 Å². The lowest BCUT2D eigenvalue weighted by atomic mass is 10.1. The van der Waals surface area contributed by atoms with Gasteiger partial charge in [-0.2, -0.15) is 0 Å². The van der Waals surface area contributed by atoms with Crippen LogP contribution >= 0.6 is 0 Å². The second-order valence-electron chi connectivity index (χ2n) is 6.75. The van der Waals surface area contributed by atoms with E-state index in [1.54, 1.807) is 0 Å². The molecule has 2 heterocycles. The van der Waals surface area contributed by atoms with Crippen molar-refractivity contribution in [2.24, 2.45) is 0 Å². The predicted molar refractivity (Wildman–Crippen MR) is 99.7 cm³/mol. The number of aliphatic carboxylic acids is 1. The van der Waals surface area contributed by atoms with Crippen LogP contribution in [-0.4, -0.2) is 79.8 Å². The quantitative estimate of drug-likeness (QED) is 0.153. The molecule has 1 aliphatic heterocycles. The minimum atomic E-state index is -1.66. The highest BCUT2D eigenvalue weighted by Crippen LogP contribution is 2.28. The molecule has 5 atom stereocenters. The van der Waals surface area contributed by atoms with Crippen molar-refractivity contribution in [2.75, 3.05) is 6.54 Å². The molecule has 1 fully saturated rings. The van der Waals surface area contributed by atoms with Gasteiger partial charge in [-0.15, -0.1) is 0 Å². The van der Waals surface area contributed by atoms with E-state index in [0.717, 1.165) is 16.8 Å². The molecule has 0 saturated carbocycles. The standard InChI is InChI=1S/C17H22N4O10/c22-7-8(6-11(25)26)19-9(23)2-1-4-18-15(29)14-12(27)13(28)16(31-14)21-5-3-10(24)20-17(21)30/h3,5,7-8,12-14,16,27-28H,1-2,4,6H2,(H,18,29)(H,19,23)(H,25,26)(H,20,24,30)/t8?,12-,13+,14-,16+/m0/s1. The first-order valence-electron chi connectivity index (χ1n) is 9.21. The number of aldehydes is 1. The fraction of sp³-hybridized carbons (Fsp3) is 0.529. The highest BCUT2D eigenvalue weighted by molar-refractivity contribution is 5.83. The molecule has 6 N–H and O–H groups in total. The summed E-state index contributed by atoms with van der Waals surface area (Å²) < 4.78 is 6.12. The molecule has 14 heteroatoms. The number of ether oxygens (including phenoxy) is 1. The molecule has 1 unspecified atom stereocenters. The van der Waals surface area contributed by atoms with Crippen molar-refractivity contribution in [3.63, 3.8) is 0 Å². The van der Waals surface area contributed by atoms with Gasteiger partial charge in [-0.1, -0.05) is 0 Å². The van der Waals surface area contributed by atoms with E-state index in [0.29, 0.717) is 6.29 Å². The second-order valence-corrected chi connectivity index (χ2v) is 6.75. The summed E-state index contributed by atoms with van der Waals surface area (Å²) in [6, 6.07) is -0.148. The minimum absolute atomic E-state index is 0.0249. The van der Waals surface area contributed by atoms with Crippen molar-refractivity contribution in [2.45, 2.75) is 49.8 Å². The number of aliphatic hydroxyl groups excluding tert-OH is 2. The molecule has 2 rings (SSSR count).